The fourth-order valence-corrected chi connectivity index (χ4v) is 1.00. The van der Waals surface area contributed by atoms with Crippen molar-refractivity contribution in [3.63, 3.8) is 0 Å². The van der Waals surface area contributed by atoms with Crippen LogP contribution in [0.4, 0.5) is 18.9 Å². The largest absolute Gasteiger partial charge is 0.275 e. The van der Waals surface area contributed by atoms with Gasteiger partial charge in [0.05, 0.1) is 10.5 Å². The Morgan fingerprint density at radius 2 is 2.00 bits per heavy atom. The molecule has 14 heavy (non-hydrogen) atoms. The molecule has 1 aromatic carbocycles. The summed E-state index contributed by atoms with van der Waals surface area (Å²) in [6, 6.07) is 1.29. The third kappa shape index (κ3) is 1.84. The van der Waals surface area contributed by atoms with Crippen molar-refractivity contribution in [2.45, 2.75) is 13.3 Å². The van der Waals surface area contributed by atoms with E-state index >= 15 is 0 Å². The molecule has 3 nitrogen and oxygen atoms in total. The predicted molar refractivity (Wildman–Crippen MR) is 42.7 cm³/mol. The minimum atomic E-state index is -2.91. The average molecular weight is 205 g/mol. The number of rotatable bonds is 2. The van der Waals surface area contributed by atoms with Gasteiger partial charge in [-0.25, -0.2) is 13.2 Å². The number of hydrogen-bond acceptors (Lipinski definition) is 2. The Bertz CT molecular complexity index is 379. The Morgan fingerprint density at radius 3 is 2.43 bits per heavy atom. The molecule has 0 N–H and O–H groups in total. The Labute approximate surface area is 77.3 Å². The highest BCUT2D eigenvalue weighted by atomic mass is 19.3. The van der Waals surface area contributed by atoms with Crippen LogP contribution in [0.3, 0.4) is 0 Å². The van der Waals surface area contributed by atoms with Gasteiger partial charge in [-0.15, -0.1) is 0 Å². The van der Waals surface area contributed by atoms with Gasteiger partial charge in [-0.2, -0.15) is 0 Å². The minimum absolute atomic E-state index is 0.237. The maximum Gasteiger partial charge on any atom is 0.275 e. The van der Waals surface area contributed by atoms with Crippen molar-refractivity contribution in [2.24, 2.45) is 0 Å². The van der Waals surface area contributed by atoms with E-state index < -0.39 is 28.4 Å². The Kier molecular flexibility index (Phi) is 2.73. The Balaban J connectivity index is 3.35. The lowest BCUT2D eigenvalue weighted by Gasteiger charge is -2.03. The summed E-state index contributed by atoms with van der Waals surface area (Å²) in [5, 5.41) is 10.3. The van der Waals surface area contributed by atoms with Crippen LogP contribution < -0.4 is 0 Å². The van der Waals surface area contributed by atoms with Crippen molar-refractivity contribution in [2.75, 3.05) is 0 Å². The van der Waals surface area contributed by atoms with Crippen molar-refractivity contribution in [3.05, 3.63) is 39.2 Å². The standard InChI is InChI=1S/C8H6F3NO2/c1-4-6(9)2-5(8(10)11)3-7(4)12(13)14/h2-3,8H,1H3. The van der Waals surface area contributed by atoms with Gasteiger partial charge in [0.15, 0.2) is 0 Å². The van der Waals surface area contributed by atoms with E-state index in [4.69, 9.17) is 0 Å². The second-order valence-electron chi connectivity index (χ2n) is 2.70. The van der Waals surface area contributed by atoms with Crippen LogP contribution in [0.5, 0.6) is 0 Å². The Morgan fingerprint density at radius 1 is 1.43 bits per heavy atom. The predicted octanol–water partition coefficient (Wildman–Crippen LogP) is 2.98. The molecule has 0 radical (unpaired) electrons. The number of nitrogens with zero attached hydrogens (tertiary/aromatic N) is 1. The van der Waals surface area contributed by atoms with Gasteiger partial charge in [-0.1, -0.05) is 0 Å². The molecule has 1 aromatic rings. The average Bonchev–Trinajstić information content (AvgIpc) is 2.08. The van der Waals surface area contributed by atoms with Gasteiger partial charge >= 0.3 is 0 Å². The lowest BCUT2D eigenvalue weighted by molar-refractivity contribution is -0.385. The summed E-state index contributed by atoms with van der Waals surface area (Å²) >= 11 is 0. The fourth-order valence-electron chi connectivity index (χ4n) is 1.00. The fraction of sp³-hybridized carbons (Fsp3) is 0.250. The first-order chi connectivity index (χ1) is 6.43. The summed E-state index contributed by atoms with van der Waals surface area (Å²) in [4.78, 5) is 9.46. The molecule has 6 heteroatoms. The number of nitro groups is 1. The van der Waals surface area contributed by atoms with Crippen molar-refractivity contribution in [1.82, 2.24) is 0 Å². The number of halogens is 3. The molecule has 0 aliphatic rings. The van der Waals surface area contributed by atoms with E-state index in [1.54, 1.807) is 0 Å². The zero-order valence-electron chi connectivity index (χ0n) is 7.13. The minimum Gasteiger partial charge on any atom is -0.258 e. The molecular formula is C8H6F3NO2. The third-order valence-corrected chi connectivity index (χ3v) is 1.79. The zero-order chi connectivity index (χ0) is 10.9. The van der Waals surface area contributed by atoms with Crippen LogP contribution in [0, 0.1) is 22.9 Å². The summed E-state index contributed by atoms with van der Waals surface area (Å²) in [5.41, 5.74) is -1.54. The lowest BCUT2D eigenvalue weighted by atomic mass is 10.1. The molecule has 0 saturated heterocycles. The van der Waals surface area contributed by atoms with E-state index in [2.05, 4.69) is 0 Å². The van der Waals surface area contributed by atoms with Crippen molar-refractivity contribution >= 4 is 5.69 Å². The highest BCUT2D eigenvalue weighted by molar-refractivity contribution is 5.43. The van der Waals surface area contributed by atoms with E-state index in [0.717, 1.165) is 0 Å². The molecule has 0 unspecified atom stereocenters. The molecule has 0 heterocycles. The molecular weight excluding hydrogens is 199 g/mol. The lowest BCUT2D eigenvalue weighted by Crippen LogP contribution is -1.97. The van der Waals surface area contributed by atoms with Gasteiger partial charge in [0.2, 0.25) is 0 Å². The van der Waals surface area contributed by atoms with Gasteiger partial charge in [0.25, 0.3) is 12.1 Å². The van der Waals surface area contributed by atoms with Gasteiger partial charge in [0.1, 0.15) is 5.82 Å². The number of alkyl halides is 2. The second-order valence-corrected chi connectivity index (χ2v) is 2.70. The smallest absolute Gasteiger partial charge is 0.258 e. The third-order valence-electron chi connectivity index (χ3n) is 1.79. The number of nitro benzene ring substituents is 1. The van der Waals surface area contributed by atoms with Crippen LogP contribution in [-0.4, -0.2) is 4.92 Å². The quantitative estimate of drug-likeness (QED) is 0.550. The molecule has 0 aliphatic heterocycles. The van der Waals surface area contributed by atoms with Crippen LogP contribution in [0.2, 0.25) is 0 Å². The SMILES string of the molecule is Cc1c(F)cc(C(F)F)cc1[N+](=O)[O-]. The van der Waals surface area contributed by atoms with Crippen molar-refractivity contribution < 1.29 is 18.1 Å². The first kappa shape index (κ1) is 10.5. The maximum absolute atomic E-state index is 12.9. The van der Waals surface area contributed by atoms with Gasteiger partial charge in [0, 0.05) is 11.6 Å². The van der Waals surface area contributed by atoms with Crippen molar-refractivity contribution in [3.8, 4) is 0 Å². The monoisotopic (exact) mass is 205 g/mol. The summed E-state index contributed by atoms with van der Waals surface area (Å²) in [6.45, 7) is 1.17. The van der Waals surface area contributed by atoms with E-state index in [1.165, 1.54) is 6.92 Å². The normalized spacial score (nSPS) is 10.6. The van der Waals surface area contributed by atoms with E-state index in [-0.39, 0.29) is 5.56 Å². The molecule has 0 aliphatic carbocycles. The molecule has 0 fully saturated rings. The molecule has 0 amide bonds. The summed E-state index contributed by atoms with van der Waals surface area (Å²) in [6.07, 6.45) is -2.91. The van der Waals surface area contributed by atoms with Gasteiger partial charge in [-0.3, -0.25) is 10.1 Å². The first-order valence-electron chi connectivity index (χ1n) is 3.66. The Hall–Kier alpha value is -1.59. The van der Waals surface area contributed by atoms with Gasteiger partial charge < -0.3 is 0 Å². The van der Waals surface area contributed by atoms with E-state index in [0.29, 0.717) is 12.1 Å². The zero-order valence-corrected chi connectivity index (χ0v) is 7.13. The molecule has 0 aromatic heterocycles. The highest BCUT2D eigenvalue weighted by Crippen LogP contribution is 2.28. The molecule has 1 rings (SSSR count). The van der Waals surface area contributed by atoms with Crippen LogP contribution in [0.15, 0.2) is 12.1 Å². The highest BCUT2D eigenvalue weighted by Gasteiger charge is 2.19. The van der Waals surface area contributed by atoms with Crippen LogP contribution in [0.1, 0.15) is 17.6 Å². The van der Waals surface area contributed by atoms with Gasteiger partial charge in [-0.05, 0) is 13.0 Å². The number of hydrogen-bond donors (Lipinski definition) is 0. The van der Waals surface area contributed by atoms with E-state index in [9.17, 15) is 23.3 Å². The van der Waals surface area contributed by atoms with E-state index in [1.807, 2.05) is 0 Å². The first-order valence-corrected chi connectivity index (χ1v) is 3.66. The number of benzene rings is 1. The van der Waals surface area contributed by atoms with Crippen LogP contribution in [-0.2, 0) is 0 Å². The molecule has 0 spiro atoms. The summed E-state index contributed by atoms with van der Waals surface area (Å²) in [7, 11) is 0. The maximum atomic E-state index is 12.9. The van der Waals surface area contributed by atoms with Crippen LogP contribution in [0.25, 0.3) is 0 Å². The second kappa shape index (κ2) is 3.65. The summed E-state index contributed by atoms with van der Waals surface area (Å²) in [5.74, 6) is -0.991. The molecule has 76 valence electrons. The molecule has 0 atom stereocenters. The van der Waals surface area contributed by atoms with Crippen molar-refractivity contribution in [1.29, 1.82) is 0 Å². The topological polar surface area (TPSA) is 43.1 Å². The van der Waals surface area contributed by atoms with Crippen LogP contribution >= 0.6 is 0 Å². The molecule has 0 saturated carbocycles. The molecule has 0 bridgehead atoms. The summed E-state index contributed by atoms with van der Waals surface area (Å²) < 4.78 is 37.2.